The van der Waals surface area contributed by atoms with E-state index < -0.39 is 0 Å². The fraction of sp³-hybridized carbons (Fsp3) is 0.333. The van der Waals surface area contributed by atoms with Gasteiger partial charge in [-0.05, 0) is 76.2 Å². The van der Waals surface area contributed by atoms with Crippen molar-refractivity contribution < 1.29 is 11.2 Å². The molecule has 0 heterocycles. The van der Waals surface area contributed by atoms with Crippen LogP contribution in [0.1, 0.15) is 56.1 Å². The molecule has 0 unspecified atom stereocenters. The van der Waals surface area contributed by atoms with Gasteiger partial charge in [-0.25, -0.2) is 0 Å². The molecule has 29 heavy (non-hydrogen) atoms. The molecular formula is C27H28O2. The van der Waals surface area contributed by atoms with E-state index in [-0.39, 0.29) is 13.2 Å². The zero-order chi connectivity index (χ0) is 20.5. The van der Waals surface area contributed by atoms with Crippen LogP contribution in [0, 0.1) is 0 Å². The van der Waals surface area contributed by atoms with Crippen LogP contribution in [0.4, 0.5) is 0 Å². The average Bonchev–Trinajstić information content (AvgIpc) is 3.17. The average molecular weight is 386 g/mol. The Morgan fingerprint density at radius 3 is 2.55 bits per heavy atom. The molecule has 2 heteroatoms. The molecule has 0 spiro atoms. The topological polar surface area (TPSA) is 29.5 Å². The monoisotopic (exact) mass is 385 g/mol. The second kappa shape index (κ2) is 8.04. The van der Waals surface area contributed by atoms with E-state index in [1.165, 1.54) is 47.1 Å². The smallest absolute Gasteiger partial charge is 0.122 e. The normalized spacial score (nSPS) is 16.2. The molecule has 5 rings (SSSR count). The van der Waals surface area contributed by atoms with E-state index in [0.717, 1.165) is 36.1 Å². The molecule has 2 aliphatic rings. The highest BCUT2D eigenvalue weighted by molar-refractivity contribution is 5.85. The Kier molecular flexibility index (Phi) is 4.79. The highest BCUT2D eigenvalue weighted by atomic mass is 16.5. The molecular weight excluding hydrogens is 356 g/mol. The van der Waals surface area contributed by atoms with Crippen LogP contribution in [0.5, 0.6) is 5.75 Å². The summed E-state index contributed by atoms with van der Waals surface area (Å²) in [5.74, 6) is 1.15. The predicted molar refractivity (Wildman–Crippen MR) is 119 cm³/mol. The molecule has 0 bridgehead atoms. The van der Waals surface area contributed by atoms with E-state index in [0.29, 0.717) is 12.0 Å². The summed E-state index contributed by atoms with van der Waals surface area (Å²) in [5, 5.41) is 9.25. The maximum atomic E-state index is 9.25. The van der Waals surface area contributed by atoms with E-state index in [1.54, 1.807) is 0 Å². The van der Waals surface area contributed by atoms with Gasteiger partial charge in [-0.15, -0.1) is 0 Å². The van der Waals surface area contributed by atoms with Gasteiger partial charge in [-0.3, -0.25) is 0 Å². The molecule has 0 aliphatic heterocycles. The van der Waals surface area contributed by atoms with E-state index in [4.69, 9.17) is 4.74 Å². The van der Waals surface area contributed by atoms with Crippen LogP contribution in [0.3, 0.4) is 0 Å². The molecule has 2 nitrogen and oxygen atoms in total. The molecule has 0 aromatic heterocycles. The van der Waals surface area contributed by atoms with Crippen molar-refractivity contribution >= 4 is 0 Å². The number of benzene rings is 3. The molecule has 2 aliphatic carbocycles. The minimum absolute atomic E-state index is 0.0103. The summed E-state index contributed by atoms with van der Waals surface area (Å²) in [4.78, 5) is 0. The lowest BCUT2D eigenvalue weighted by Crippen LogP contribution is -2.09. The first kappa shape index (κ1) is 17.3. The number of hydrogen-bond donors (Lipinski definition) is 1. The summed E-state index contributed by atoms with van der Waals surface area (Å²) in [6.07, 6.45) is 6.85. The maximum Gasteiger partial charge on any atom is 0.122 e. The Hall–Kier alpha value is -2.58. The van der Waals surface area contributed by atoms with Crippen LogP contribution in [0.2, 0.25) is 0 Å². The van der Waals surface area contributed by atoms with Crippen molar-refractivity contribution in [3.8, 4) is 28.0 Å². The van der Waals surface area contributed by atoms with Crippen LogP contribution in [0.25, 0.3) is 22.3 Å². The first-order valence-corrected chi connectivity index (χ1v) is 10.9. The van der Waals surface area contributed by atoms with Gasteiger partial charge in [0.2, 0.25) is 0 Å². The van der Waals surface area contributed by atoms with Crippen molar-refractivity contribution in [2.75, 3.05) is 13.2 Å². The first-order chi connectivity index (χ1) is 14.8. The van der Waals surface area contributed by atoms with Gasteiger partial charge in [-0.1, -0.05) is 67.8 Å². The summed E-state index contributed by atoms with van der Waals surface area (Å²) in [5.41, 5.74) is 8.50. The summed E-state index contributed by atoms with van der Waals surface area (Å²) in [7, 11) is 0. The van der Waals surface area contributed by atoms with E-state index in [2.05, 4.69) is 42.5 Å². The van der Waals surface area contributed by atoms with Gasteiger partial charge in [0.25, 0.3) is 0 Å². The molecule has 1 fully saturated rings. The van der Waals surface area contributed by atoms with Gasteiger partial charge >= 0.3 is 0 Å². The van der Waals surface area contributed by atoms with Crippen molar-refractivity contribution in [3.05, 3.63) is 77.3 Å². The lowest BCUT2D eigenvalue weighted by Gasteiger charge is -2.25. The Labute approximate surface area is 174 Å². The largest absolute Gasteiger partial charge is 0.491 e. The van der Waals surface area contributed by atoms with Crippen LogP contribution < -0.4 is 4.74 Å². The number of fused-ring (bicyclic) bond motifs is 3. The van der Waals surface area contributed by atoms with E-state index in [1.807, 2.05) is 12.1 Å². The second-order valence-corrected chi connectivity index (χ2v) is 8.22. The Morgan fingerprint density at radius 1 is 0.897 bits per heavy atom. The number of ether oxygens (including phenoxy) is 1. The molecule has 1 saturated carbocycles. The van der Waals surface area contributed by atoms with Gasteiger partial charge in [0.15, 0.2) is 0 Å². The third kappa shape index (κ3) is 3.47. The van der Waals surface area contributed by atoms with Crippen molar-refractivity contribution in [2.45, 2.75) is 44.4 Å². The quantitative estimate of drug-likeness (QED) is 0.434. The number of aliphatic hydroxyl groups excluding tert-OH is 1. The zero-order valence-electron chi connectivity index (χ0n) is 17.8. The summed E-state index contributed by atoms with van der Waals surface area (Å²) in [6.45, 7) is 0.262. The van der Waals surface area contributed by atoms with Crippen molar-refractivity contribution in [1.29, 1.82) is 0 Å². The van der Waals surface area contributed by atoms with Crippen molar-refractivity contribution in [2.24, 2.45) is 0 Å². The minimum atomic E-state index is -0.0103. The molecule has 148 valence electrons. The van der Waals surface area contributed by atoms with Gasteiger partial charge < -0.3 is 9.84 Å². The molecule has 1 N–H and O–H groups in total. The molecule has 3 aromatic carbocycles. The first-order valence-electron chi connectivity index (χ1n) is 11.4. The summed E-state index contributed by atoms with van der Waals surface area (Å²) < 4.78 is 15.1. The summed E-state index contributed by atoms with van der Waals surface area (Å²) in [6, 6.07) is 19.8. The van der Waals surface area contributed by atoms with Crippen LogP contribution in [0.15, 0.2) is 60.6 Å². The standard InChI is InChI=1S/C27H28O2/c28-15-16-29-27-14-13-21(17-25(27)19-7-2-1-3-8-19)23-11-6-12-24-22-10-5-4-9-20(22)18-26(23)24/h4-6,9-14,17,19,28H,1-3,7-8,15-16,18H2/i17D. The zero-order valence-corrected chi connectivity index (χ0v) is 16.8. The molecule has 0 saturated heterocycles. The van der Waals surface area contributed by atoms with Crippen LogP contribution in [-0.4, -0.2) is 18.3 Å². The highest BCUT2D eigenvalue weighted by Crippen LogP contribution is 2.44. The Bertz CT molecular complexity index is 1070. The minimum Gasteiger partial charge on any atom is -0.491 e. The number of rotatable bonds is 5. The lowest BCUT2D eigenvalue weighted by molar-refractivity contribution is 0.199. The fourth-order valence-electron chi connectivity index (χ4n) is 5.04. The van der Waals surface area contributed by atoms with E-state index in [9.17, 15) is 6.48 Å². The SMILES string of the molecule is [2H]c1c(-c2cccc3c2Cc2ccccc2-3)ccc(OCCO)c1C1CCCCC1. The van der Waals surface area contributed by atoms with Crippen LogP contribution >= 0.6 is 0 Å². The molecule has 3 aromatic rings. The van der Waals surface area contributed by atoms with Crippen LogP contribution in [-0.2, 0) is 6.42 Å². The third-order valence-corrected chi connectivity index (χ3v) is 6.44. The van der Waals surface area contributed by atoms with Gasteiger partial charge in [0, 0.05) is 0 Å². The van der Waals surface area contributed by atoms with Gasteiger partial charge in [0.05, 0.1) is 7.98 Å². The summed E-state index contributed by atoms with van der Waals surface area (Å²) >= 11 is 0. The fourth-order valence-corrected chi connectivity index (χ4v) is 5.04. The predicted octanol–water partition coefficient (Wildman–Crippen LogP) is 6.34. The number of aliphatic hydroxyl groups is 1. The Balaban J connectivity index is 1.62. The lowest BCUT2D eigenvalue weighted by atomic mass is 9.82. The van der Waals surface area contributed by atoms with Crippen molar-refractivity contribution in [3.63, 3.8) is 0 Å². The van der Waals surface area contributed by atoms with Gasteiger partial charge in [-0.2, -0.15) is 0 Å². The maximum absolute atomic E-state index is 9.25. The van der Waals surface area contributed by atoms with Crippen molar-refractivity contribution in [1.82, 2.24) is 0 Å². The molecule has 0 radical (unpaired) electrons. The number of hydrogen-bond acceptors (Lipinski definition) is 2. The van der Waals surface area contributed by atoms with E-state index >= 15 is 0 Å². The second-order valence-electron chi connectivity index (χ2n) is 8.22. The molecule has 0 atom stereocenters. The van der Waals surface area contributed by atoms with Gasteiger partial charge in [0.1, 0.15) is 12.4 Å². The highest BCUT2D eigenvalue weighted by Gasteiger charge is 2.23. The Morgan fingerprint density at radius 2 is 1.69 bits per heavy atom. The third-order valence-electron chi connectivity index (χ3n) is 6.44. The molecule has 0 amide bonds.